The van der Waals surface area contributed by atoms with E-state index in [0.29, 0.717) is 0 Å². The zero-order valence-corrected chi connectivity index (χ0v) is 8.56. The summed E-state index contributed by atoms with van der Waals surface area (Å²) >= 11 is 3.32. The number of carbonyl (C=O) groups excluding carboxylic acids is 1. The van der Waals surface area contributed by atoms with E-state index in [0.717, 1.165) is 24.7 Å². The van der Waals surface area contributed by atoms with Gasteiger partial charge in [0.1, 0.15) is 0 Å². The Labute approximate surface area is 75.8 Å². The first-order valence-corrected chi connectivity index (χ1v) is 4.69. The second-order valence-electron chi connectivity index (χ2n) is 2.29. The van der Waals surface area contributed by atoms with Gasteiger partial charge in [-0.1, -0.05) is 15.9 Å². The molecule has 0 radical (unpaired) electrons. The van der Waals surface area contributed by atoms with Gasteiger partial charge in [-0.2, -0.15) is 0 Å². The SMILES string of the molecule is COC(=O)N(C)CCCCBr. The predicted molar refractivity (Wildman–Crippen MR) is 48.1 cm³/mol. The second kappa shape index (κ2) is 6.46. The maximum atomic E-state index is 10.8. The minimum absolute atomic E-state index is 0.264. The summed E-state index contributed by atoms with van der Waals surface area (Å²) in [4.78, 5) is 12.4. The third-order valence-electron chi connectivity index (χ3n) is 1.36. The average molecular weight is 224 g/mol. The number of amides is 1. The molecule has 0 rings (SSSR count). The van der Waals surface area contributed by atoms with Crippen molar-refractivity contribution in [2.45, 2.75) is 12.8 Å². The number of hydrogen-bond donors (Lipinski definition) is 0. The van der Waals surface area contributed by atoms with E-state index in [1.54, 1.807) is 11.9 Å². The van der Waals surface area contributed by atoms with Crippen LogP contribution in [0.25, 0.3) is 0 Å². The molecule has 0 unspecified atom stereocenters. The highest BCUT2D eigenvalue weighted by molar-refractivity contribution is 9.09. The molecule has 0 aromatic heterocycles. The van der Waals surface area contributed by atoms with Crippen molar-refractivity contribution in [1.82, 2.24) is 4.90 Å². The van der Waals surface area contributed by atoms with Gasteiger partial charge in [-0.25, -0.2) is 4.79 Å². The topological polar surface area (TPSA) is 29.5 Å². The average Bonchev–Trinajstić information content (AvgIpc) is 2.03. The molecule has 0 saturated carbocycles. The van der Waals surface area contributed by atoms with Crippen LogP contribution in [0.2, 0.25) is 0 Å². The lowest BCUT2D eigenvalue weighted by molar-refractivity contribution is 0.133. The summed E-state index contributed by atoms with van der Waals surface area (Å²) < 4.78 is 4.52. The quantitative estimate of drug-likeness (QED) is 0.538. The first kappa shape index (κ1) is 10.8. The molecule has 11 heavy (non-hydrogen) atoms. The molecule has 0 aliphatic rings. The molecule has 0 aromatic rings. The van der Waals surface area contributed by atoms with E-state index in [1.165, 1.54) is 7.11 Å². The molecule has 0 atom stereocenters. The van der Waals surface area contributed by atoms with E-state index in [4.69, 9.17) is 0 Å². The van der Waals surface area contributed by atoms with Crippen molar-refractivity contribution in [1.29, 1.82) is 0 Å². The van der Waals surface area contributed by atoms with Crippen molar-refractivity contribution >= 4 is 22.0 Å². The van der Waals surface area contributed by atoms with Gasteiger partial charge >= 0.3 is 6.09 Å². The Kier molecular flexibility index (Phi) is 6.31. The Hall–Kier alpha value is -0.250. The number of unbranched alkanes of at least 4 members (excludes halogenated alkanes) is 1. The van der Waals surface area contributed by atoms with Crippen LogP contribution in [0, 0.1) is 0 Å². The minimum Gasteiger partial charge on any atom is -0.453 e. The van der Waals surface area contributed by atoms with Gasteiger partial charge in [0, 0.05) is 18.9 Å². The van der Waals surface area contributed by atoms with Gasteiger partial charge in [0.2, 0.25) is 0 Å². The van der Waals surface area contributed by atoms with Crippen LogP contribution in [0.3, 0.4) is 0 Å². The standard InChI is InChI=1S/C7H14BrNO2/c1-9(7(10)11-2)6-4-3-5-8/h3-6H2,1-2H3. The highest BCUT2D eigenvalue weighted by Crippen LogP contribution is 1.97. The number of nitrogens with zero attached hydrogens (tertiary/aromatic N) is 1. The summed E-state index contributed by atoms with van der Waals surface area (Å²) in [6.45, 7) is 0.762. The van der Waals surface area contributed by atoms with Gasteiger partial charge in [-0.15, -0.1) is 0 Å². The number of carbonyl (C=O) groups is 1. The van der Waals surface area contributed by atoms with E-state index < -0.39 is 0 Å². The molecule has 3 nitrogen and oxygen atoms in total. The van der Waals surface area contributed by atoms with Crippen LogP contribution in [0.1, 0.15) is 12.8 Å². The molecule has 0 aliphatic carbocycles. The maximum absolute atomic E-state index is 10.8. The summed E-state index contributed by atoms with van der Waals surface area (Å²) in [5.41, 5.74) is 0. The van der Waals surface area contributed by atoms with Gasteiger partial charge in [-0.3, -0.25) is 0 Å². The Morgan fingerprint density at radius 3 is 2.64 bits per heavy atom. The lowest BCUT2D eigenvalue weighted by Crippen LogP contribution is -2.27. The lowest BCUT2D eigenvalue weighted by atomic mass is 10.3. The molecule has 0 fully saturated rings. The van der Waals surface area contributed by atoms with E-state index >= 15 is 0 Å². The predicted octanol–water partition coefficient (Wildman–Crippen LogP) is 1.86. The molecule has 0 aliphatic heterocycles. The van der Waals surface area contributed by atoms with Crippen LogP contribution in [-0.2, 0) is 4.74 Å². The normalized spacial score (nSPS) is 9.36. The largest absolute Gasteiger partial charge is 0.453 e. The van der Waals surface area contributed by atoms with Gasteiger partial charge in [0.15, 0.2) is 0 Å². The molecule has 1 amide bonds. The van der Waals surface area contributed by atoms with Crippen molar-refractivity contribution in [3.8, 4) is 0 Å². The smallest absolute Gasteiger partial charge is 0.409 e. The minimum atomic E-state index is -0.264. The number of ether oxygens (including phenoxy) is 1. The van der Waals surface area contributed by atoms with Crippen molar-refractivity contribution < 1.29 is 9.53 Å². The van der Waals surface area contributed by atoms with Gasteiger partial charge < -0.3 is 9.64 Å². The fourth-order valence-corrected chi connectivity index (χ4v) is 1.09. The Bertz CT molecular complexity index is 119. The fourth-order valence-electron chi connectivity index (χ4n) is 0.691. The van der Waals surface area contributed by atoms with E-state index in [-0.39, 0.29) is 6.09 Å². The van der Waals surface area contributed by atoms with Crippen LogP contribution < -0.4 is 0 Å². The van der Waals surface area contributed by atoms with Crippen LogP contribution in [0.15, 0.2) is 0 Å². The van der Waals surface area contributed by atoms with E-state index in [9.17, 15) is 4.79 Å². The molecule has 0 bridgehead atoms. The highest BCUT2D eigenvalue weighted by atomic mass is 79.9. The van der Waals surface area contributed by atoms with E-state index in [1.807, 2.05) is 0 Å². The fraction of sp³-hybridized carbons (Fsp3) is 0.857. The Balaban J connectivity index is 3.36. The third kappa shape index (κ3) is 5.07. The second-order valence-corrected chi connectivity index (χ2v) is 3.08. The zero-order chi connectivity index (χ0) is 8.69. The van der Waals surface area contributed by atoms with Crippen molar-refractivity contribution in [3.63, 3.8) is 0 Å². The summed E-state index contributed by atoms with van der Waals surface area (Å²) in [5, 5.41) is 0.988. The molecule has 0 spiro atoms. The first-order valence-electron chi connectivity index (χ1n) is 3.57. The van der Waals surface area contributed by atoms with Crippen molar-refractivity contribution in [3.05, 3.63) is 0 Å². The summed E-state index contributed by atoms with van der Waals surface area (Å²) in [6.07, 6.45) is 1.83. The molecule has 0 heterocycles. The van der Waals surface area contributed by atoms with Crippen molar-refractivity contribution in [2.24, 2.45) is 0 Å². The molecule has 66 valence electrons. The van der Waals surface area contributed by atoms with Crippen LogP contribution in [0.5, 0.6) is 0 Å². The summed E-state index contributed by atoms with van der Waals surface area (Å²) in [7, 11) is 3.13. The van der Waals surface area contributed by atoms with E-state index in [2.05, 4.69) is 20.7 Å². The molecule has 0 saturated heterocycles. The Morgan fingerprint density at radius 1 is 1.55 bits per heavy atom. The first-order chi connectivity index (χ1) is 5.22. The zero-order valence-electron chi connectivity index (χ0n) is 6.97. The van der Waals surface area contributed by atoms with Crippen molar-refractivity contribution in [2.75, 3.05) is 26.0 Å². The third-order valence-corrected chi connectivity index (χ3v) is 1.92. The molecule has 0 N–H and O–H groups in total. The summed E-state index contributed by atoms with van der Waals surface area (Å²) in [5.74, 6) is 0. The van der Waals surface area contributed by atoms with Gasteiger partial charge in [-0.05, 0) is 12.8 Å². The van der Waals surface area contributed by atoms with Gasteiger partial charge in [0.05, 0.1) is 7.11 Å². The lowest BCUT2D eigenvalue weighted by Gasteiger charge is -2.14. The number of rotatable bonds is 4. The van der Waals surface area contributed by atoms with Crippen LogP contribution in [0.4, 0.5) is 4.79 Å². The molecule has 4 heteroatoms. The number of methoxy groups -OCH3 is 1. The maximum Gasteiger partial charge on any atom is 0.409 e. The number of hydrogen-bond acceptors (Lipinski definition) is 2. The Morgan fingerprint density at radius 2 is 2.18 bits per heavy atom. The monoisotopic (exact) mass is 223 g/mol. The molecule has 0 aromatic carbocycles. The number of alkyl halides is 1. The molecular weight excluding hydrogens is 210 g/mol. The highest BCUT2D eigenvalue weighted by Gasteiger charge is 2.05. The molecular formula is C7H14BrNO2. The van der Waals surface area contributed by atoms with Crippen LogP contribution >= 0.6 is 15.9 Å². The van der Waals surface area contributed by atoms with Gasteiger partial charge in [0.25, 0.3) is 0 Å². The summed E-state index contributed by atoms with van der Waals surface area (Å²) in [6, 6.07) is 0. The van der Waals surface area contributed by atoms with Crippen LogP contribution in [-0.4, -0.2) is 37.0 Å². The number of halogens is 1.